The van der Waals surface area contributed by atoms with Crippen LogP contribution in [0, 0.1) is 29.1 Å². The smallest absolute Gasteiger partial charge is 0.182 e. The maximum atomic E-state index is 14.2. The Hall–Kier alpha value is -1.96. The van der Waals surface area contributed by atoms with Crippen molar-refractivity contribution in [3.05, 3.63) is 72.8 Å². The molecule has 0 amide bonds. The van der Waals surface area contributed by atoms with E-state index in [-0.39, 0.29) is 38.9 Å². The molecule has 1 spiro atoms. The third kappa shape index (κ3) is 1.85. The summed E-state index contributed by atoms with van der Waals surface area (Å²) in [6.45, 7) is 0. The van der Waals surface area contributed by atoms with Crippen LogP contribution in [0.15, 0.2) is 82.6 Å². The monoisotopic (exact) mass is 480 g/mol. The molecule has 0 aromatic heterocycles. The van der Waals surface area contributed by atoms with Crippen LogP contribution in [0.3, 0.4) is 0 Å². The fourth-order valence-corrected chi connectivity index (χ4v) is 14.2. The van der Waals surface area contributed by atoms with Gasteiger partial charge in [-0.1, -0.05) is 48.6 Å². The molecular weight excluding hydrogens is 456 g/mol. The molecule has 2 aromatic rings. The second kappa shape index (κ2) is 5.47. The Balaban J connectivity index is 1.40. The second-order valence-corrected chi connectivity index (χ2v) is 15.1. The molecule has 0 N–H and O–H groups in total. The van der Waals surface area contributed by atoms with Gasteiger partial charge in [0.05, 0.1) is 20.3 Å². The van der Waals surface area contributed by atoms with Crippen LogP contribution in [0.4, 0.5) is 0 Å². The molecule has 5 nitrogen and oxygen atoms in total. The van der Waals surface area contributed by atoms with Gasteiger partial charge in [-0.05, 0) is 48.9 Å². The van der Waals surface area contributed by atoms with E-state index in [4.69, 9.17) is 4.74 Å². The zero-order valence-electron chi connectivity index (χ0n) is 17.9. The zero-order valence-corrected chi connectivity index (χ0v) is 19.5. The summed E-state index contributed by atoms with van der Waals surface area (Å²) in [5.41, 5.74) is -1.23. The predicted molar refractivity (Wildman–Crippen MR) is 121 cm³/mol. The lowest BCUT2D eigenvalue weighted by molar-refractivity contribution is 0.0482. The zero-order chi connectivity index (χ0) is 22.4. The fraction of sp³-hybridized carbons (Fsp3) is 0.462. The quantitative estimate of drug-likeness (QED) is 0.495. The molecule has 6 aliphatic rings. The minimum atomic E-state index is -3.89. The van der Waals surface area contributed by atoms with E-state index in [1.807, 2.05) is 0 Å². The van der Waals surface area contributed by atoms with Crippen molar-refractivity contribution in [2.24, 2.45) is 29.1 Å². The van der Waals surface area contributed by atoms with Gasteiger partial charge in [-0.25, -0.2) is 16.8 Å². The summed E-state index contributed by atoms with van der Waals surface area (Å²) in [5.74, 6) is -0.153. The van der Waals surface area contributed by atoms with E-state index in [1.54, 1.807) is 60.7 Å². The molecule has 33 heavy (non-hydrogen) atoms. The number of rotatable bonds is 4. The highest BCUT2D eigenvalue weighted by Gasteiger charge is 3.01. The Morgan fingerprint density at radius 3 is 1.48 bits per heavy atom. The van der Waals surface area contributed by atoms with Gasteiger partial charge < -0.3 is 4.74 Å². The standard InChI is InChI=1S/C26H24O5S2/c27-32(28,18-7-3-1-4-8-18)20-21(33(29,30)19-9-5-2-6-10-19)23-24(13-14-24)22(20)25-16-11-12-17(15-16)26(23,25)31-25/h1-12,16-17,20-23H,13-15H2/t16-,17-,20-,21+,22-,23+,25+,26+/m0/s1. The summed E-state index contributed by atoms with van der Waals surface area (Å²) >= 11 is 0. The minimum absolute atomic E-state index is 0.198. The molecule has 5 aliphatic carbocycles. The van der Waals surface area contributed by atoms with Crippen LogP contribution in [0.5, 0.6) is 0 Å². The third-order valence-corrected chi connectivity index (χ3v) is 14.5. The second-order valence-electron chi connectivity index (χ2n) is 10.9. The van der Waals surface area contributed by atoms with Gasteiger partial charge in [0.1, 0.15) is 11.2 Å². The molecule has 0 unspecified atom stereocenters. The van der Waals surface area contributed by atoms with Crippen LogP contribution in [0.1, 0.15) is 19.3 Å². The molecule has 2 aromatic carbocycles. The summed E-state index contributed by atoms with van der Waals surface area (Å²) in [6, 6.07) is 16.8. The van der Waals surface area contributed by atoms with Crippen molar-refractivity contribution in [2.75, 3.05) is 0 Å². The molecule has 4 saturated carbocycles. The Morgan fingerprint density at radius 1 is 0.667 bits per heavy atom. The van der Waals surface area contributed by atoms with Crippen LogP contribution in [-0.4, -0.2) is 38.5 Å². The maximum absolute atomic E-state index is 14.2. The Labute approximate surface area is 193 Å². The molecule has 170 valence electrons. The first-order valence-electron chi connectivity index (χ1n) is 11.8. The van der Waals surface area contributed by atoms with Crippen LogP contribution in [-0.2, 0) is 24.4 Å². The Kier molecular flexibility index (Phi) is 3.21. The lowest BCUT2D eigenvalue weighted by atomic mass is 9.73. The minimum Gasteiger partial charge on any atom is -0.360 e. The first-order chi connectivity index (χ1) is 15.8. The lowest BCUT2D eigenvalue weighted by Gasteiger charge is -2.36. The van der Waals surface area contributed by atoms with E-state index in [0.29, 0.717) is 0 Å². The summed E-state index contributed by atoms with van der Waals surface area (Å²) in [5, 5.41) is -1.97. The van der Waals surface area contributed by atoms with E-state index in [2.05, 4.69) is 12.2 Å². The first kappa shape index (κ1) is 19.4. The van der Waals surface area contributed by atoms with Crippen molar-refractivity contribution < 1.29 is 21.6 Å². The highest BCUT2D eigenvalue weighted by Crippen LogP contribution is 2.92. The number of sulfone groups is 2. The Morgan fingerprint density at radius 2 is 1.09 bits per heavy atom. The highest BCUT2D eigenvalue weighted by atomic mass is 32.2. The number of hydrogen-bond acceptors (Lipinski definition) is 5. The van der Waals surface area contributed by atoms with Crippen molar-refractivity contribution in [3.63, 3.8) is 0 Å². The van der Waals surface area contributed by atoms with Gasteiger partial charge in [-0.15, -0.1) is 0 Å². The maximum Gasteiger partial charge on any atom is 0.182 e. The number of fused-ring (bicyclic) bond motifs is 2. The number of benzene rings is 2. The van der Waals surface area contributed by atoms with Crippen LogP contribution >= 0.6 is 0 Å². The molecule has 7 heteroatoms. The molecule has 8 rings (SSSR count). The highest BCUT2D eigenvalue weighted by molar-refractivity contribution is 7.96. The largest absolute Gasteiger partial charge is 0.360 e. The molecular formula is C26H24O5S2. The van der Waals surface area contributed by atoms with Gasteiger partial charge in [0.15, 0.2) is 19.7 Å². The molecule has 1 heterocycles. The van der Waals surface area contributed by atoms with Gasteiger partial charge >= 0.3 is 0 Å². The predicted octanol–water partition coefficient (Wildman–Crippen LogP) is 3.42. The number of hydrogen-bond donors (Lipinski definition) is 0. The van der Waals surface area contributed by atoms with Crippen molar-refractivity contribution in [1.82, 2.24) is 0 Å². The average Bonchev–Trinajstić information content (AvgIpc) is 3.60. The normalized spacial score (nSPS) is 44.7. The SMILES string of the molecule is O=S(=O)(c1ccccc1)[C@@H]1[C@H](S(=O)(=O)c2ccccc2)[C@H]2C3(CC3)[C@@H]1[C@@]13O[C@]21[C@H]1C=C[C@H]3C1. The van der Waals surface area contributed by atoms with E-state index in [0.717, 1.165) is 19.3 Å². The van der Waals surface area contributed by atoms with Crippen molar-refractivity contribution in [3.8, 4) is 0 Å². The average molecular weight is 481 g/mol. The topological polar surface area (TPSA) is 80.8 Å². The Bertz CT molecular complexity index is 1340. The summed E-state index contributed by atoms with van der Waals surface area (Å²) in [6.07, 6.45) is 7.17. The molecule has 0 radical (unpaired) electrons. The molecule has 8 atom stereocenters. The fourth-order valence-electron chi connectivity index (χ4n) is 8.98. The number of epoxide rings is 1. The van der Waals surface area contributed by atoms with Gasteiger partial charge in [-0.3, -0.25) is 0 Å². The first-order valence-corrected chi connectivity index (χ1v) is 14.9. The van der Waals surface area contributed by atoms with Crippen molar-refractivity contribution in [1.29, 1.82) is 0 Å². The summed E-state index contributed by atoms with van der Waals surface area (Å²) in [4.78, 5) is 0.431. The third-order valence-electron chi connectivity index (χ3n) is 9.92. The van der Waals surface area contributed by atoms with Crippen LogP contribution in [0.25, 0.3) is 0 Å². The van der Waals surface area contributed by atoms with Gasteiger partial charge in [0, 0.05) is 23.7 Å². The van der Waals surface area contributed by atoms with Crippen molar-refractivity contribution >= 4 is 19.7 Å². The van der Waals surface area contributed by atoms with Gasteiger partial charge in [0.2, 0.25) is 0 Å². The van der Waals surface area contributed by atoms with Gasteiger partial charge in [-0.2, -0.15) is 0 Å². The molecule has 4 bridgehead atoms. The van der Waals surface area contributed by atoms with E-state index >= 15 is 0 Å². The lowest BCUT2D eigenvalue weighted by Crippen LogP contribution is -2.54. The van der Waals surface area contributed by atoms with E-state index in [9.17, 15) is 16.8 Å². The van der Waals surface area contributed by atoms with Gasteiger partial charge in [0.25, 0.3) is 0 Å². The molecule has 1 aliphatic heterocycles. The van der Waals surface area contributed by atoms with E-state index < -0.39 is 41.4 Å². The van der Waals surface area contributed by atoms with Crippen LogP contribution < -0.4 is 0 Å². The summed E-state index contributed by atoms with van der Waals surface area (Å²) in [7, 11) is -7.79. The van der Waals surface area contributed by atoms with E-state index in [1.165, 1.54) is 0 Å². The number of ether oxygens (including phenoxy) is 1. The van der Waals surface area contributed by atoms with Crippen LogP contribution in [0.2, 0.25) is 0 Å². The van der Waals surface area contributed by atoms with Crippen molar-refractivity contribution in [2.45, 2.75) is 50.8 Å². The summed E-state index contributed by atoms with van der Waals surface area (Å²) < 4.78 is 63.6. The molecule has 5 fully saturated rings. The molecule has 1 saturated heterocycles.